The molecule has 0 spiro atoms. The summed E-state index contributed by atoms with van der Waals surface area (Å²) in [5.74, 6) is -0.280. The van der Waals surface area contributed by atoms with Crippen molar-refractivity contribution in [2.24, 2.45) is 5.41 Å². The van der Waals surface area contributed by atoms with E-state index in [2.05, 4.69) is 38.6 Å². The molecule has 1 aliphatic rings. The van der Waals surface area contributed by atoms with Crippen LogP contribution in [0.1, 0.15) is 37.0 Å². The summed E-state index contributed by atoms with van der Waals surface area (Å²) >= 11 is 0. The standard InChI is InChI=1S/C17H26N4O3/c1-17(2,11-20(3)4)10-18-16(22)12-5-8-14(19-13-6-7-13)15(9-12)21(23)24/h5,8-9,13,19H,6-7,10-11H2,1-4H3,(H,18,22)/p+1. The van der Waals surface area contributed by atoms with Crippen LogP contribution in [0.4, 0.5) is 11.4 Å². The molecule has 1 amide bonds. The number of carbonyl (C=O) groups excluding carboxylic acids is 1. The zero-order chi connectivity index (χ0) is 17.9. The van der Waals surface area contributed by atoms with Crippen LogP contribution in [0.2, 0.25) is 0 Å². The van der Waals surface area contributed by atoms with Crippen molar-refractivity contribution in [3.05, 3.63) is 33.9 Å². The lowest BCUT2D eigenvalue weighted by molar-refractivity contribution is -0.865. The minimum atomic E-state index is -0.444. The van der Waals surface area contributed by atoms with Gasteiger partial charge in [0.2, 0.25) is 0 Å². The smallest absolute Gasteiger partial charge is 0.293 e. The molecule has 0 aromatic heterocycles. The third kappa shape index (κ3) is 5.19. The van der Waals surface area contributed by atoms with Crippen LogP contribution in [0.25, 0.3) is 0 Å². The lowest BCUT2D eigenvalue weighted by Crippen LogP contribution is -3.07. The average molecular weight is 335 g/mol. The second kappa shape index (κ2) is 7.17. The van der Waals surface area contributed by atoms with E-state index in [0.717, 1.165) is 19.4 Å². The quantitative estimate of drug-likeness (QED) is 0.490. The van der Waals surface area contributed by atoms with Gasteiger partial charge in [0.25, 0.3) is 11.6 Å². The molecule has 132 valence electrons. The fourth-order valence-corrected chi connectivity index (χ4v) is 2.83. The molecule has 1 aliphatic carbocycles. The number of nitro groups is 1. The Balaban J connectivity index is 2.06. The van der Waals surface area contributed by atoms with Crippen molar-refractivity contribution in [2.45, 2.75) is 32.7 Å². The van der Waals surface area contributed by atoms with Crippen molar-refractivity contribution in [1.82, 2.24) is 5.32 Å². The predicted molar refractivity (Wildman–Crippen MR) is 93.5 cm³/mol. The van der Waals surface area contributed by atoms with Crippen molar-refractivity contribution < 1.29 is 14.6 Å². The third-order valence-corrected chi connectivity index (χ3v) is 3.95. The maximum Gasteiger partial charge on any atom is 0.293 e. The van der Waals surface area contributed by atoms with Gasteiger partial charge in [-0.05, 0) is 25.0 Å². The number of amides is 1. The molecule has 1 fully saturated rings. The van der Waals surface area contributed by atoms with Crippen LogP contribution < -0.4 is 15.5 Å². The highest BCUT2D eigenvalue weighted by molar-refractivity contribution is 5.95. The molecule has 3 N–H and O–H groups in total. The molecular weight excluding hydrogens is 308 g/mol. The van der Waals surface area contributed by atoms with Crippen LogP contribution in [0.5, 0.6) is 0 Å². The van der Waals surface area contributed by atoms with Crippen LogP contribution in [-0.2, 0) is 0 Å². The number of nitrogens with one attached hydrogen (secondary N) is 3. The van der Waals surface area contributed by atoms with Gasteiger partial charge in [-0.25, -0.2) is 0 Å². The van der Waals surface area contributed by atoms with E-state index in [1.54, 1.807) is 12.1 Å². The summed E-state index contributed by atoms with van der Waals surface area (Å²) in [5.41, 5.74) is 0.701. The van der Waals surface area contributed by atoms with Gasteiger partial charge in [-0.15, -0.1) is 0 Å². The summed E-state index contributed by atoms with van der Waals surface area (Å²) in [6, 6.07) is 4.93. The van der Waals surface area contributed by atoms with E-state index in [-0.39, 0.29) is 17.0 Å². The Morgan fingerprint density at radius 2 is 2.04 bits per heavy atom. The van der Waals surface area contributed by atoms with Crippen molar-refractivity contribution in [1.29, 1.82) is 0 Å². The maximum atomic E-state index is 12.3. The van der Waals surface area contributed by atoms with Crippen LogP contribution in [0, 0.1) is 15.5 Å². The highest BCUT2D eigenvalue weighted by Crippen LogP contribution is 2.31. The summed E-state index contributed by atoms with van der Waals surface area (Å²) in [7, 11) is 4.14. The van der Waals surface area contributed by atoms with Crippen LogP contribution in [-0.4, -0.2) is 44.1 Å². The first-order chi connectivity index (χ1) is 11.2. The highest BCUT2D eigenvalue weighted by atomic mass is 16.6. The molecule has 1 aromatic rings. The monoisotopic (exact) mass is 335 g/mol. The maximum absolute atomic E-state index is 12.3. The van der Waals surface area contributed by atoms with Gasteiger partial charge in [0.05, 0.1) is 25.6 Å². The molecule has 0 unspecified atom stereocenters. The summed E-state index contributed by atoms with van der Waals surface area (Å²) < 4.78 is 0. The van der Waals surface area contributed by atoms with Gasteiger partial charge >= 0.3 is 0 Å². The number of nitro benzene ring substituents is 1. The Hall–Kier alpha value is -2.15. The van der Waals surface area contributed by atoms with Crippen molar-refractivity contribution in [3.8, 4) is 0 Å². The van der Waals surface area contributed by atoms with Gasteiger partial charge < -0.3 is 15.5 Å². The summed E-state index contributed by atoms with van der Waals surface area (Å²) in [6.07, 6.45) is 2.06. The minimum absolute atomic E-state index is 0.0477. The molecular formula is C17H27N4O3+. The average Bonchev–Trinajstić information content (AvgIpc) is 3.27. The summed E-state index contributed by atoms with van der Waals surface area (Å²) in [4.78, 5) is 24.5. The van der Waals surface area contributed by atoms with E-state index in [1.807, 2.05) is 0 Å². The molecule has 7 heteroatoms. The third-order valence-electron chi connectivity index (χ3n) is 3.95. The second-order valence-electron chi connectivity index (χ2n) is 7.64. The first-order valence-corrected chi connectivity index (χ1v) is 8.30. The molecule has 0 bridgehead atoms. The largest absolute Gasteiger partial charge is 0.377 e. The number of hydrogen-bond acceptors (Lipinski definition) is 4. The molecule has 24 heavy (non-hydrogen) atoms. The van der Waals surface area contributed by atoms with Gasteiger partial charge in [0, 0.05) is 29.6 Å². The number of nitrogens with zero attached hydrogens (tertiary/aromatic N) is 1. The van der Waals surface area contributed by atoms with Crippen molar-refractivity contribution >= 4 is 17.3 Å². The number of anilines is 1. The normalized spacial score (nSPS) is 14.5. The summed E-state index contributed by atoms with van der Waals surface area (Å²) in [6.45, 7) is 5.61. The lowest BCUT2D eigenvalue weighted by Gasteiger charge is -2.26. The summed E-state index contributed by atoms with van der Waals surface area (Å²) in [5, 5.41) is 17.3. The molecule has 0 radical (unpaired) electrons. The number of hydrogen-bond donors (Lipinski definition) is 3. The van der Waals surface area contributed by atoms with E-state index in [0.29, 0.717) is 23.8 Å². The molecule has 7 nitrogen and oxygen atoms in total. The number of rotatable bonds is 8. The topological polar surface area (TPSA) is 88.7 Å². The van der Waals surface area contributed by atoms with Gasteiger partial charge in [-0.3, -0.25) is 14.9 Å². The Kier molecular flexibility index (Phi) is 5.43. The fraction of sp³-hybridized carbons (Fsp3) is 0.588. The fourth-order valence-electron chi connectivity index (χ4n) is 2.83. The second-order valence-corrected chi connectivity index (χ2v) is 7.64. The van der Waals surface area contributed by atoms with E-state index in [9.17, 15) is 14.9 Å². The number of quaternary nitrogens is 1. The minimum Gasteiger partial charge on any atom is -0.377 e. The Labute approximate surface area is 142 Å². The molecule has 0 saturated heterocycles. The SMILES string of the molecule is C[NH+](C)CC(C)(C)CNC(=O)c1ccc(NC2CC2)c([N+](=O)[O-])c1. The van der Waals surface area contributed by atoms with Gasteiger partial charge in [0.15, 0.2) is 0 Å². The van der Waals surface area contributed by atoms with Crippen LogP contribution in [0.3, 0.4) is 0 Å². The van der Waals surface area contributed by atoms with Crippen LogP contribution >= 0.6 is 0 Å². The zero-order valence-electron chi connectivity index (χ0n) is 14.8. The van der Waals surface area contributed by atoms with Gasteiger partial charge in [0.1, 0.15) is 5.69 Å². The zero-order valence-corrected chi connectivity index (χ0v) is 14.8. The van der Waals surface area contributed by atoms with E-state index < -0.39 is 4.92 Å². The van der Waals surface area contributed by atoms with Crippen LogP contribution in [0.15, 0.2) is 18.2 Å². The number of benzene rings is 1. The Morgan fingerprint density at radius 3 is 2.58 bits per heavy atom. The predicted octanol–water partition coefficient (Wildman–Crippen LogP) is 1.07. The first-order valence-electron chi connectivity index (χ1n) is 8.30. The van der Waals surface area contributed by atoms with E-state index in [4.69, 9.17) is 0 Å². The Morgan fingerprint density at radius 1 is 1.38 bits per heavy atom. The molecule has 1 aromatic carbocycles. The molecule has 2 rings (SSSR count). The first kappa shape index (κ1) is 18.2. The van der Waals surface area contributed by atoms with Gasteiger partial charge in [-0.1, -0.05) is 13.8 Å². The lowest BCUT2D eigenvalue weighted by atomic mass is 9.93. The van der Waals surface area contributed by atoms with Crippen molar-refractivity contribution in [3.63, 3.8) is 0 Å². The van der Waals surface area contributed by atoms with Gasteiger partial charge in [-0.2, -0.15) is 0 Å². The molecule has 0 atom stereocenters. The van der Waals surface area contributed by atoms with E-state index in [1.165, 1.54) is 11.0 Å². The molecule has 1 saturated carbocycles. The highest BCUT2D eigenvalue weighted by Gasteiger charge is 2.26. The molecule has 0 heterocycles. The van der Waals surface area contributed by atoms with Crippen molar-refractivity contribution in [2.75, 3.05) is 32.5 Å². The molecule has 0 aliphatic heterocycles. The Bertz CT molecular complexity index is 624. The van der Waals surface area contributed by atoms with E-state index >= 15 is 0 Å². The number of carbonyl (C=O) groups is 1.